The Balaban J connectivity index is 3.12. The molecule has 0 rings (SSSR count). The first-order valence-electron chi connectivity index (χ1n) is 10.4. The van der Waals surface area contributed by atoms with Gasteiger partial charge in [-0.1, -0.05) is 89.7 Å². The van der Waals surface area contributed by atoms with Crippen LogP contribution >= 0.6 is 0 Å². The van der Waals surface area contributed by atoms with Crippen molar-refractivity contribution in [2.24, 2.45) is 0 Å². The van der Waals surface area contributed by atoms with Crippen LogP contribution in [0.25, 0.3) is 0 Å². The highest BCUT2D eigenvalue weighted by atomic mass is 16.5. The van der Waals surface area contributed by atoms with Gasteiger partial charge in [-0.15, -0.1) is 0 Å². The summed E-state index contributed by atoms with van der Waals surface area (Å²) in [5.41, 5.74) is 0. The largest absolute Gasteiger partial charge is 0.481 e. The molecule has 0 spiro atoms. The first-order chi connectivity index (χ1) is 12.7. The van der Waals surface area contributed by atoms with E-state index in [2.05, 4.69) is 11.3 Å². The molecule has 150 valence electrons. The Morgan fingerprint density at radius 2 is 1.15 bits per heavy atom. The molecule has 0 unspecified atom stereocenters. The lowest BCUT2D eigenvalue weighted by Crippen LogP contribution is -1.93. The molecular weight excluding hydrogens is 328 g/mol. The zero-order valence-electron chi connectivity index (χ0n) is 16.4. The van der Waals surface area contributed by atoms with E-state index in [4.69, 9.17) is 5.11 Å². The number of carbonyl (C=O) groups is 2. The maximum atomic E-state index is 11.0. The normalized spacial score (nSPS) is 10.9. The van der Waals surface area contributed by atoms with Crippen LogP contribution in [-0.4, -0.2) is 17.0 Å². The lowest BCUT2D eigenvalue weighted by Gasteiger charge is -2.03. The highest BCUT2D eigenvalue weighted by Crippen LogP contribution is 2.13. The van der Waals surface area contributed by atoms with E-state index in [1.165, 1.54) is 76.7 Å². The fraction of sp³-hybridized carbons (Fsp3) is 0.727. The van der Waals surface area contributed by atoms with Gasteiger partial charge < -0.3 is 9.84 Å². The van der Waals surface area contributed by atoms with Crippen molar-refractivity contribution >= 4 is 11.9 Å². The van der Waals surface area contributed by atoms with Crippen LogP contribution < -0.4 is 0 Å². The standard InChI is InChI=1S/C22H38O4/c1-2-26-22(25)20-18-16-14-12-10-8-6-4-3-5-7-9-11-13-15-17-19-21(23)24/h2,18,20H,1,3-17,19H2,(H,23,24). The van der Waals surface area contributed by atoms with Gasteiger partial charge in [0.1, 0.15) is 0 Å². The molecule has 0 aromatic heterocycles. The summed E-state index contributed by atoms with van der Waals surface area (Å²) >= 11 is 0. The van der Waals surface area contributed by atoms with Gasteiger partial charge in [0.05, 0.1) is 6.26 Å². The van der Waals surface area contributed by atoms with Crippen LogP contribution in [0.3, 0.4) is 0 Å². The van der Waals surface area contributed by atoms with Crippen molar-refractivity contribution in [3.63, 3.8) is 0 Å². The number of carboxylic acid groups (broad SMARTS) is 1. The minimum absolute atomic E-state index is 0.321. The summed E-state index contributed by atoms with van der Waals surface area (Å²) in [6.45, 7) is 3.34. The molecule has 4 heteroatoms. The van der Waals surface area contributed by atoms with Crippen LogP contribution in [-0.2, 0) is 14.3 Å². The number of hydrogen-bond donors (Lipinski definition) is 1. The molecule has 4 nitrogen and oxygen atoms in total. The molecule has 0 radical (unpaired) electrons. The Morgan fingerprint density at radius 3 is 1.58 bits per heavy atom. The molecule has 0 atom stereocenters. The molecule has 0 aliphatic carbocycles. The molecule has 0 aromatic carbocycles. The van der Waals surface area contributed by atoms with Gasteiger partial charge in [-0.05, 0) is 19.3 Å². The van der Waals surface area contributed by atoms with Crippen molar-refractivity contribution in [2.45, 2.75) is 103 Å². The first-order valence-corrected chi connectivity index (χ1v) is 10.4. The van der Waals surface area contributed by atoms with Crippen molar-refractivity contribution in [1.82, 2.24) is 0 Å². The Kier molecular flexibility index (Phi) is 18.5. The predicted octanol–water partition coefficient (Wildman–Crippen LogP) is 6.56. The second-order valence-corrected chi connectivity index (χ2v) is 6.89. The molecule has 0 fully saturated rings. The number of rotatable bonds is 19. The topological polar surface area (TPSA) is 63.6 Å². The predicted molar refractivity (Wildman–Crippen MR) is 107 cm³/mol. The average Bonchev–Trinajstić information content (AvgIpc) is 2.60. The van der Waals surface area contributed by atoms with E-state index in [9.17, 15) is 9.59 Å². The molecule has 0 saturated carbocycles. The maximum Gasteiger partial charge on any atom is 0.335 e. The quantitative estimate of drug-likeness (QED) is 0.122. The Hall–Kier alpha value is -1.58. The van der Waals surface area contributed by atoms with Crippen LogP contribution in [0.4, 0.5) is 0 Å². The summed E-state index contributed by atoms with van der Waals surface area (Å²) in [6.07, 6.45) is 23.0. The summed E-state index contributed by atoms with van der Waals surface area (Å²) in [7, 11) is 0. The number of esters is 1. The van der Waals surface area contributed by atoms with Crippen molar-refractivity contribution in [1.29, 1.82) is 0 Å². The molecule has 0 saturated heterocycles. The highest BCUT2D eigenvalue weighted by Gasteiger charge is 1.97. The minimum atomic E-state index is -0.673. The second-order valence-electron chi connectivity index (χ2n) is 6.89. The fourth-order valence-corrected chi connectivity index (χ4v) is 2.96. The molecule has 0 bridgehead atoms. The van der Waals surface area contributed by atoms with E-state index in [0.717, 1.165) is 31.9 Å². The molecule has 0 aromatic rings. The number of unbranched alkanes of at least 4 members (excludes halogenated alkanes) is 14. The van der Waals surface area contributed by atoms with Gasteiger partial charge in [0.25, 0.3) is 0 Å². The van der Waals surface area contributed by atoms with Crippen molar-refractivity contribution in [2.75, 3.05) is 0 Å². The summed E-state index contributed by atoms with van der Waals surface area (Å²) in [5, 5.41) is 8.55. The van der Waals surface area contributed by atoms with E-state index in [1.807, 2.05) is 6.08 Å². The van der Waals surface area contributed by atoms with Gasteiger partial charge in [0.15, 0.2) is 0 Å². The van der Waals surface area contributed by atoms with Crippen LogP contribution in [0.2, 0.25) is 0 Å². The van der Waals surface area contributed by atoms with E-state index < -0.39 is 5.97 Å². The van der Waals surface area contributed by atoms with Gasteiger partial charge in [-0.25, -0.2) is 4.79 Å². The highest BCUT2D eigenvalue weighted by molar-refractivity contribution is 5.82. The fourth-order valence-electron chi connectivity index (χ4n) is 2.96. The molecule has 0 amide bonds. The third-order valence-electron chi connectivity index (χ3n) is 4.46. The zero-order valence-corrected chi connectivity index (χ0v) is 16.4. The van der Waals surface area contributed by atoms with Gasteiger partial charge in [0, 0.05) is 12.5 Å². The van der Waals surface area contributed by atoms with Crippen LogP contribution in [0.5, 0.6) is 0 Å². The van der Waals surface area contributed by atoms with E-state index in [1.54, 1.807) is 0 Å². The summed E-state index contributed by atoms with van der Waals surface area (Å²) in [5.74, 6) is -1.02. The number of carbonyl (C=O) groups excluding carboxylic acids is 1. The molecular formula is C22H38O4. The lowest BCUT2D eigenvalue weighted by molar-refractivity contribution is -0.137. The Bertz CT molecular complexity index is 388. The first kappa shape index (κ1) is 24.4. The van der Waals surface area contributed by atoms with Gasteiger partial charge in [0.2, 0.25) is 0 Å². The third kappa shape index (κ3) is 20.5. The smallest absolute Gasteiger partial charge is 0.335 e. The second kappa shape index (κ2) is 19.7. The van der Waals surface area contributed by atoms with Crippen LogP contribution in [0, 0.1) is 0 Å². The van der Waals surface area contributed by atoms with Crippen molar-refractivity contribution in [3.05, 3.63) is 25.0 Å². The van der Waals surface area contributed by atoms with Crippen LogP contribution in [0.1, 0.15) is 103 Å². The number of ether oxygens (including phenoxy) is 1. The monoisotopic (exact) mass is 366 g/mol. The average molecular weight is 367 g/mol. The number of hydrogen-bond acceptors (Lipinski definition) is 3. The third-order valence-corrected chi connectivity index (χ3v) is 4.46. The van der Waals surface area contributed by atoms with Crippen molar-refractivity contribution < 1.29 is 19.4 Å². The van der Waals surface area contributed by atoms with E-state index in [-0.39, 0.29) is 5.97 Å². The number of aliphatic carboxylic acids is 1. The molecule has 1 N–H and O–H groups in total. The number of carboxylic acids is 1. The van der Waals surface area contributed by atoms with E-state index >= 15 is 0 Å². The number of allylic oxidation sites excluding steroid dienone is 1. The SMILES string of the molecule is C=COC(=O)C=CCCCCCCCCCCCCCCCCC(=O)O. The Labute approximate surface area is 159 Å². The van der Waals surface area contributed by atoms with Crippen molar-refractivity contribution in [3.8, 4) is 0 Å². The molecule has 0 aliphatic heterocycles. The van der Waals surface area contributed by atoms with Gasteiger partial charge in [-0.3, -0.25) is 4.79 Å². The summed E-state index contributed by atoms with van der Waals surface area (Å²) in [4.78, 5) is 21.4. The lowest BCUT2D eigenvalue weighted by atomic mass is 10.0. The van der Waals surface area contributed by atoms with E-state index in [0.29, 0.717) is 6.42 Å². The molecule has 0 heterocycles. The summed E-state index contributed by atoms with van der Waals surface area (Å²) in [6, 6.07) is 0. The minimum Gasteiger partial charge on any atom is -0.481 e. The molecule has 0 aliphatic rings. The van der Waals surface area contributed by atoms with Gasteiger partial charge in [-0.2, -0.15) is 0 Å². The van der Waals surface area contributed by atoms with Gasteiger partial charge >= 0.3 is 11.9 Å². The zero-order chi connectivity index (χ0) is 19.3. The maximum absolute atomic E-state index is 11.0. The van der Waals surface area contributed by atoms with Crippen LogP contribution in [0.15, 0.2) is 25.0 Å². The Morgan fingerprint density at radius 1 is 0.731 bits per heavy atom. The summed E-state index contributed by atoms with van der Waals surface area (Å²) < 4.78 is 4.60. The molecule has 26 heavy (non-hydrogen) atoms.